The maximum Gasteiger partial charge on any atom is 0.306 e. The molecule has 0 radical (unpaired) electrons. The zero-order valence-electron chi connectivity index (χ0n) is 54.8. The molecule has 1 atom stereocenters. The molecule has 6 nitrogen and oxygen atoms in total. The highest BCUT2D eigenvalue weighted by Gasteiger charge is 2.19. The first-order valence-corrected chi connectivity index (χ1v) is 35.9. The molecule has 0 fully saturated rings. The minimum Gasteiger partial charge on any atom is -0.462 e. The number of hydrogen-bond donors (Lipinski definition) is 0. The van der Waals surface area contributed by atoms with Crippen LogP contribution < -0.4 is 0 Å². The van der Waals surface area contributed by atoms with E-state index in [2.05, 4.69) is 93.7 Å². The highest BCUT2D eigenvalue weighted by atomic mass is 16.6. The first-order valence-electron chi connectivity index (χ1n) is 35.9. The molecule has 0 aliphatic rings. The fraction of sp³-hybridized carbons (Fsp3) is 0.803. The van der Waals surface area contributed by atoms with E-state index >= 15 is 0 Å². The van der Waals surface area contributed by atoms with Gasteiger partial charge in [-0.25, -0.2) is 0 Å². The van der Waals surface area contributed by atoms with Crippen LogP contribution in [0.15, 0.2) is 72.9 Å². The summed E-state index contributed by atoms with van der Waals surface area (Å²) in [7, 11) is 0. The van der Waals surface area contributed by atoms with Crippen molar-refractivity contribution in [2.75, 3.05) is 13.2 Å². The fourth-order valence-corrected chi connectivity index (χ4v) is 10.6. The maximum atomic E-state index is 12.9. The zero-order valence-corrected chi connectivity index (χ0v) is 54.8. The van der Waals surface area contributed by atoms with Crippen LogP contribution in [0.1, 0.15) is 374 Å². The van der Waals surface area contributed by atoms with Gasteiger partial charge in [0.15, 0.2) is 6.10 Å². The molecule has 0 aromatic carbocycles. The molecule has 0 N–H and O–H groups in total. The van der Waals surface area contributed by atoms with E-state index in [9.17, 15) is 14.4 Å². The zero-order chi connectivity index (χ0) is 59.2. The lowest BCUT2D eigenvalue weighted by Crippen LogP contribution is -2.30. The van der Waals surface area contributed by atoms with Crippen LogP contribution in [0.4, 0.5) is 0 Å². The first kappa shape index (κ1) is 78.8. The van der Waals surface area contributed by atoms with Crippen LogP contribution in [0.3, 0.4) is 0 Å². The van der Waals surface area contributed by atoms with Gasteiger partial charge in [0.25, 0.3) is 0 Å². The lowest BCUT2D eigenvalue weighted by molar-refractivity contribution is -0.167. The second-order valence-electron chi connectivity index (χ2n) is 24.1. The lowest BCUT2D eigenvalue weighted by atomic mass is 10.0. The predicted molar refractivity (Wildman–Crippen MR) is 358 cm³/mol. The van der Waals surface area contributed by atoms with Crippen molar-refractivity contribution in [1.29, 1.82) is 0 Å². The van der Waals surface area contributed by atoms with Gasteiger partial charge in [0.1, 0.15) is 13.2 Å². The van der Waals surface area contributed by atoms with Crippen LogP contribution >= 0.6 is 0 Å². The normalized spacial score (nSPS) is 12.5. The Morgan fingerprint density at radius 1 is 0.256 bits per heavy atom. The molecule has 1 unspecified atom stereocenters. The van der Waals surface area contributed by atoms with Crippen LogP contribution in [-0.4, -0.2) is 37.2 Å². The minimum absolute atomic E-state index is 0.0702. The Morgan fingerprint density at radius 2 is 0.476 bits per heavy atom. The van der Waals surface area contributed by atoms with Gasteiger partial charge in [-0.3, -0.25) is 14.4 Å². The highest BCUT2D eigenvalue weighted by Crippen LogP contribution is 2.18. The lowest BCUT2D eigenvalue weighted by Gasteiger charge is -2.18. The van der Waals surface area contributed by atoms with Gasteiger partial charge in [-0.05, 0) is 89.9 Å². The molecule has 476 valence electrons. The number of hydrogen-bond acceptors (Lipinski definition) is 6. The average molecular weight is 1150 g/mol. The molecule has 0 aliphatic heterocycles. The molecule has 6 heteroatoms. The van der Waals surface area contributed by atoms with E-state index in [4.69, 9.17) is 14.2 Å². The van der Waals surface area contributed by atoms with Gasteiger partial charge < -0.3 is 14.2 Å². The van der Waals surface area contributed by atoms with E-state index in [1.807, 2.05) is 0 Å². The number of unbranched alkanes of at least 4 members (excludes halogenated alkanes) is 43. The number of allylic oxidation sites excluding steroid dienone is 12. The summed E-state index contributed by atoms with van der Waals surface area (Å²) in [6.07, 6.45) is 92.7. The van der Waals surface area contributed by atoms with E-state index in [1.165, 1.54) is 244 Å². The highest BCUT2D eigenvalue weighted by molar-refractivity contribution is 5.71. The summed E-state index contributed by atoms with van der Waals surface area (Å²) in [5.74, 6) is -0.859. The minimum atomic E-state index is -0.770. The Hall–Kier alpha value is -3.15. The Bertz CT molecular complexity index is 1500. The third kappa shape index (κ3) is 67.6. The van der Waals surface area contributed by atoms with Crippen LogP contribution in [0.25, 0.3) is 0 Å². The van der Waals surface area contributed by atoms with Gasteiger partial charge in [-0.15, -0.1) is 0 Å². The van der Waals surface area contributed by atoms with E-state index in [-0.39, 0.29) is 31.1 Å². The molecular weight excluding hydrogens is 1010 g/mol. The van der Waals surface area contributed by atoms with Gasteiger partial charge in [-0.1, -0.05) is 338 Å². The maximum absolute atomic E-state index is 12.9. The second-order valence-corrected chi connectivity index (χ2v) is 24.1. The summed E-state index contributed by atoms with van der Waals surface area (Å²) in [6.45, 7) is 6.51. The molecule has 0 rings (SSSR count). The molecule has 0 saturated carbocycles. The van der Waals surface area contributed by atoms with Crippen LogP contribution in [0, 0.1) is 0 Å². The van der Waals surface area contributed by atoms with Crippen molar-refractivity contribution in [3.63, 3.8) is 0 Å². The van der Waals surface area contributed by atoms with Crippen molar-refractivity contribution in [3.8, 4) is 0 Å². The van der Waals surface area contributed by atoms with Crippen LogP contribution in [0.2, 0.25) is 0 Å². The largest absolute Gasteiger partial charge is 0.462 e. The Kier molecular flexibility index (Phi) is 67.6. The smallest absolute Gasteiger partial charge is 0.306 e. The van der Waals surface area contributed by atoms with Gasteiger partial charge in [0, 0.05) is 19.3 Å². The quantitative estimate of drug-likeness (QED) is 0.0261. The summed E-state index contributed by atoms with van der Waals surface area (Å²) >= 11 is 0. The van der Waals surface area contributed by atoms with Crippen molar-refractivity contribution >= 4 is 17.9 Å². The summed E-state index contributed by atoms with van der Waals surface area (Å²) < 4.78 is 16.9. The molecular formula is C76H136O6. The summed E-state index contributed by atoms with van der Waals surface area (Å²) in [5, 5.41) is 0. The van der Waals surface area contributed by atoms with Gasteiger partial charge >= 0.3 is 17.9 Å². The summed E-state index contributed by atoms with van der Waals surface area (Å²) in [6, 6.07) is 0. The first-order chi connectivity index (χ1) is 40.5. The molecule has 0 aromatic rings. The summed E-state index contributed by atoms with van der Waals surface area (Å²) in [5.41, 5.74) is 0. The molecule has 82 heavy (non-hydrogen) atoms. The van der Waals surface area contributed by atoms with E-state index < -0.39 is 6.10 Å². The van der Waals surface area contributed by atoms with Gasteiger partial charge in [0.05, 0.1) is 0 Å². The third-order valence-electron chi connectivity index (χ3n) is 15.9. The van der Waals surface area contributed by atoms with Gasteiger partial charge in [0.2, 0.25) is 0 Å². The Morgan fingerprint density at radius 3 is 0.744 bits per heavy atom. The second kappa shape index (κ2) is 70.3. The van der Waals surface area contributed by atoms with Gasteiger partial charge in [-0.2, -0.15) is 0 Å². The molecule has 0 bridgehead atoms. The van der Waals surface area contributed by atoms with Crippen molar-refractivity contribution < 1.29 is 28.6 Å². The third-order valence-corrected chi connectivity index (χ3v) is 15.9. The number of carbonyl (C=O) groups is 3. The van der Waals surface area contributed by atoms with Crippen molar-refractivity contribution in [2.45, 2.75) is 380 Å². The molecule has 0 amide bonds. The molecule has 0 heterocycles. The van der Waals surface area contributed by atoms with Crippen LogP contribution in [0.5, 0.6) is 0 Å². The number of carbonyl (C=O) groups excluding carboxylic acids is 3. The topological polar surface area (TPSA) is 78.9 Å². The van der Waals surface area contributed by atoms with E-state index in [0.717, 1.165) is 89.9 Å². The number of rotatable bonds is 66. The van der Waals surface area contributed by atoms with Crippen molar-refractivity contribution in [1.82, 2.24) is 0 Å². The predicted octanol–water partition coefficient (Wildman–Crippen LogP) is 24.8. The fourth-order valence-electron chi connectivity index (χ4n) is 10.6. The Balaban J connectivity index is 3.98. The van der Waals surface area contributed by atoms with E-state index in [1.54, 1.807) is 0 Å². The monoisotopic (exact) mass is 1150 g/mol. The average Bonchev–Trinajstić information content (AvgIpc) is 3.47. The van der Waals surface area contributed by atoms with Crippen molar-refractivity contribution in [3.05, 3.63) is 72.9 Å². The SMILES string of the molecule is CC/C=C\C/C=C\C/C=C\C/C=C\CCCCCCCCCCCCCCCCCCC(=O)OCC(COC(=O)CCCCCCCC)OC(=O)CCCCCCCCCCCCCCCCCCC/C=C\C/C=C\CCCCCCC. The number of ether oxygens (including phenoxy) is 3. The molecule has 0 spiro atoms. The molecule has 0 saturated heterocycles. The molecule has 0 aromatic heterocycles. The summed E-state index contributed by atoms with van der Waals surface area (Å²) in [4.78, 5) is 38.1. The van der Waals surface area contributed by atoms with Crippen molar-refractivity contribution in [2.24, 2.45) is 0 Å². The molecule has 0 aliphatic carbocycles. The van der Waals surface area contributed by atoms with E-state index in [0.29, 0.717) is 19.3 Å². The standard InChI is InChI=1S/C76H136O6/c1-4-7-10-13-16-18-20-22-24-26-28-30-32-34-36-38-40-42-44-46-48-50-52-54-56-58-60-63-66-69-75(78)81-72-73(71-80-74(77)68-65-62-15-12-9-6-3)82-76(79)70-67-64-61-59-57-55-53-51-49-47-45-43-41-39-37-35-33-31-29-27-25-23-21-19-17-14-11-8-5-2/h7,10,16,18,21-24,27-30,73H,4-6,8-9,11-15,17,19-20,25-26,31-72H2,1-3H3/b10-7-,18-16-,23-21-,24-22-,29-27-,30-28-. The van der Waals surface area contributed by atoms with Crippen LogP contribution in [-0.2, 0) is 28.6 Å². The Labute approximate surface area is 510 Å². The number of esters is 3.